The fraction of sp³-hybridized carbons (Fsp3) is 0.650. The average molecular weight is 375 g/mol. The van der Waals surface area contributed by atoms with Crippen LogP contribution in [0.25, 0.3) is 11.5 Å². The predicted molar refractivity (Wildman–Crippen MR) is 92.7 cm³/mol. The van der Waals surface area contributed by atoms with Crippen molar-refractivity contribution in [2.24, 2.45) is 23.2 Å². The van der Waals surface area contributed by atoms with Gasteiger partial charge in [-0.3, -0.25) is 4.98 Å². The van der Waals surface area contributed by atoms with E-state index in [0.29, 0.717) is 17.6 Å². The molecule has 0 atom stereocenters. The van der Waals surface area contributed by atoms with E-state index in [1.807, 2.05) is 6.07 Å². The normalized spacial score (nSPS) is 31.7. The van der Waals surface area contributed by atoms with Gasteiger partial charge in [0.1, 0.15) is 0 Å². The lowest BCUT2D eigenvalue weighted by atomic mass is 9.50. The molecule has 2 aromatic heterocycles. The predicted octanol–water partition coefficient (Wildman–Crippen LogP) is 4.80. The Morgan fingerprint density at radius 1 is 1.07 bits per heavy atom. The van der Waals surface area contributed by atoms with E-state index in [2.05, 4.69) is 15.2 Å². The highest BCUT2D eigenvalue weighted by Crippen LogP contribution is 2.60. The molecule has 0 aliphatic heterocycles. The SMILES string of the molecule is FC(F)c1nnc(-c2ccc(COCC34CC5CC(CC(C5)C3)C4)nc2)o1. The molecule has 4 bridgehead atoms. The summed E-state index contributed by atoms with van der Waals surface area (Å²) in [4.78, 5) is 4.35. The molecule has 0 amide bonds. The van der Waals surface area contributed by atoms with Crippen LogP contribution in [0.2, 0.25) is 0 Å². The van der Waals surface area contributed by atoms with Crippen LogP contribution < -0.4 is 0 Å². The van der Waals surface area contributed by atoms with Gasteiger partial charge in [0, 0.05) is 6.20 Å². The molecule has 0 unspecified atom stereocenters. The lowest BCUT2D eigenvalue weighted by molar-refractivity contribution is -0.0997. The standard InChI is InChI=1S/C20H23F2N3O2/c21-17(22)19-25-24-18(27-19)15-1-2-16(23-9-15)10-26-11-20-6-12-3-13(7-20)5-14(4-12)8-20/h1-2,9,12-14,17H,3-8,10-11H2. The summed E-state index contributed by atoms with van der Waals surface area (Å²) in [6, 6.07) is 3.57. The van der Waals surface area contributed by atoms with Gasteiger partial charge < -0.3 is 9.15 Å². The second-order valence-electron chi connectivity index (χ2n) is 8.69. The topological polar surface area (TPSA) is 61.0 Å². The van der Waals surface area contributed by atoms with Crippen molar-refractivity contribution in [2.45, 2.75) is 51.6 Å². The van der Waals surface area contributed by atoms with Gasteiger partial charge in [0.2, 0.25) is 5.89 Å². The number of ether oxygens (including phenoxy) is 1. The van der Waals surface area contributed by atoms with Gasteiger partial charge in [0.25, 0.3) is 5.89 Å². The maximum absolute atomic E-state index is 12.5. The molecule has 7 heteroatoms. The third-order valence-electron chi connectivity index (χ3n) is 6.52. The summed E-state index contributed by atoms with van der Waals surface area (Å²) in [5, 5.41) is 6.97. The molecule has 0 spiro atoms. The molecular formula is C20H23F2N3O2. The minimum Gasteiger partial charge on any atom is -0.415 e. The van der Waals surface area contributed by atoms with Crippen molar-refractivity contribution >= 4 is 0 Å². The number of pyridine rings is 1. The minimum atomic E-state index is -2.77. The van der Waals surface area contributed by atoms with Crippen LogP contribution in [0.3, 0.4) is 0 Å². The number of hydrogen-bond acceptors (Lipinski definition) is 5. The summed E-state index contributed by atoms with van der Waals surface area (Å²) >= 11 is 0. The first-order valence-corrected chi connectivity index (χ1v) is 9.73. The zero-order valence-corrected chi connectivity index (χ0v) is 15.1. The molecule has 27 heavy (non-hydrogen) atoms. The molecule has 4 aliphatic carbocycles. The van der Waals surface area contributed by atoms with E-state index >= 15 is 0 Å². The van der Waals surface area contributed by atoms with E-state index in [-0.39, 0.29) is 5.89 Å². The van der Waals surface area contributed by atoms with E-state index in [1.54, 1.807) is 12.3 Å². The first kappa shape index (κ1) is 17.2. The second kappa shape index (κ2) is 6.62. The van der Waals surface area contributed by atoms with Gasteiger partial charge in [-0.1, -0.05) is 0 Å². The van der Waals surface area contributed by atoms with Gasteiger partial charge in [-0.05, 0) is 73.8 Å². The Balaban J connectivity index is 1.18. The summed E-state index contributed by atoms with van der Waals surface area (Å²) in [7, 11) is 0. The highest BCUT2D eigenvalue weighted by Gasteiger charge is 2.50. The number of nitrogens with zero attached hydrogens (tertiary/aromatic N) is 3. The molecule has 0 radical (unpaired) electrons. The molecule has 4 saturated carbocycles. The van der Waals surface area contributed by atoms with Crippen LogP contribution in [-0.4, -0.2) is 21.8 Å². The van der Waals surface area contributed by atoms with Crippen LogP contribution in [0.5, 0.6) is 0 Å². The molecule has 6 rings (SSSR count). The molecular weight excluding hydrogens is 352 g/mol. The van der Waals surface area contributed by atoms with Crippen LogP contribution in [0.1, 0.15) is 56.5 Å². The Labute approximate surface area is 156 Å². The fourth-order valence-corrected chi connectivity index (χ4v) is 5.91. The molecule has 144 valence electrons. The summed E-state index contributed by atoms with van der Waals surface area (Å²) in [6.07, 6.45) is 7.09. The van der Waals surface area contributed by atoms with Crippen LogP contribution in [0, 0.1) is 23.2 Å². The number of aromatic nitrogens is 3. The van der Waals surface area contributed by atoms with Gasteiger partial charge in [-0.2, -0.15) is 8.78 Å². The Morgan fingerprint density at radius 2 is 1.78 bits per heavy atom. The monoisotopic (exact) mass is 375 g/mol. The molecule has 4 fully saturated rings. The molecule has 0 saturated heterocycles. The minimum absolute atomic E-state index is 0.0545. The summed E-state index contributed by atoms with van der Waals surface area (Å²) in [6.45, 7) is 1.29. The van der Waals surface area contributed by atoms with Crippen LogP contribution in [0.4, 0.5) is 8.78 Å². The lowest BCUT2D eigenvalue weighted by Gasteiger charge is -2.56. The molecule has 4 aliphatic rings. The summed E-state index contributed by atoms with van der Waals surface area (Å²) in [5.41, 5.74) is 1.74. The number of rotatable bonds is 6. The molecule has 5 nitrogen and oxygen atoms in total. The van der Waals surface area contributed by atoms with Crippen molar-refractivity contribution in [3.63, 3.8) is 0 Å². The van der Waals surface area contributed by atoms with Gasteiger partial charge >= 0.3 is 6.43 Å². The van der Waals surface area contributed by atoms with Crippen molar-refractivity contribution in [1.29, 1.82) is 0 Å². The number of halogens is 2. The van der Waals surface area contributed by atoms with Crippen LogP contribution in [0.15, 0.2) is 22.7 Å². The Morgan fingerprint density at radius 3 is 2.33 bits per heavy atom. The van der Waals surface area contributed by atoms with Crippen molar-refractivity contribution in [1.82, 2.24) is 15.2 Å². The van der Waals surface area contributed by atoms with E-state index in [9.17, 15) is 8.78 Å². The number of hydrogen-bond donors (Lipinski definition) is 0. The second-order valence-corrected chi connectivity index (χ2v) is 8.69. The maximum atomic E-state index is 12.5. The zero-order chi connectivity index (χ0) is 18.4. The zero-order valence-electron chi connectivity index (χ0n) is 15.1. The fourth-order valence-electron chi connectivity index (χ4n) is 5.91. The first-order chi connectivity index (χ1) is 13.1. The third-order valence-corrected chi connectivity index (χ3v) is 6.52. The average Bonchev–Trinajstić information content (AvgIpc) is 3.11. The van der Waals surface area contributed by atoms with E-state index in [0.717, 1.165) is 30.1 Å². The summed E-state index contributed by atoms with van der Waals surface area (Å²) < 4.78 is 36.1. The van der Waals surface area contributed by atoms with Gasteiger partial charge in [0.05, 0.1) is 24.5 Å². The van der Waals surface area contributed by atoms with Gasteiger partial charge in [0.15, 0.2) is 0 Å². The van der Waals surface area contributed by atoms with Crippen molar-refractivity contribution < 1.29 is 17.9 Å². The molecule has 0 aromatic carbocycles. The van der Waals surface area contributed by atoms with Crippen LogP contribution >= 0.6 is 0 Å². The van der Waals surface area contributed by atoms with E-state index < -0.39 is 12.3 Å². The van der Waals surface area contributed by atoms with Gasteiger partial charge in [-0.25, -0.2) is 0 Å². The van der Waals surface area contributed by atoms with Crippen molar-refractivity contribution in [3.05, 3.63) is 29.9 Å². The largest absolute Gasteiger partial charge is 0.415 e. The molecule has 2 aromatic rings. The molecule has 2 heterocycles. The van der Waals surface area contributed by atoms with Crippen LogP contribution in [-0.2, 0) is 11.3 Å². The Bertz CT molecular complexity index is 771. The Kier molecular flexibility index (Phi) is 4.22. The quantitative estimate of drug-likeness (QED) is 0.726. The molecule has 0 N–H and O–H groups in total. The third kappa shape index (κ3) is 3.37. The number of alkyl halides is 2. The van der Waals surface area contributed by atoms with Crippen molar-refractivity contribution in [3.8, 4) is 11.5 Å². The lowest BCUT2D eigenvalue weighted by Crippen LogP contribution is -2.48. The van der Waals surface area contributed by atoms with E-state index in [1.165, 1.54) is 38.5 Å². The maximum Gasteiger partial charge on any atom is 0.314 e. The Hall–Kier alpha value is -1.89. The van der Waals surface area contributed by atoms with Gasteiger partial charge in [-0.15, -0.1) is 10.2 Å². The highest BCUT2D eigenvalue weighted by molar-refractivity contribution is 5.50. The highest BCUT2D eigenvalue weighted by atomic mass is 19.3. The first-order valence-electron chi connectivity index (χ1n) is 9.73. The smallest absolute Gasteiger partial charge is 0.314 e. The summed E-state index contributed by atoms with van der Waals surface area (Å²) in [5.74, 6) is 2.14. The van der Waals surface area contributed by atoms with Crippen molar-refractivity contribution in [2.75, 3.05) is 6.61 Å². The van der Waals surface area contributed by atoms with E-state index in [4.69, 9.17) is 9.15 Å².